The summed E-state index contributed by atoms with van der Waals surface area (Å²) in [4.78, 5) is 12.3. The number of carbonyl (C=O) groups is 1. The monoisotopic (exact) mass is 271 g/mol. The van der Waals surface area contributed by atoms with Crippen molar-refractivity contribution in [3.63, 3.8) is 0 Å². The summed E-state index contributed by atoms with van der Waals surface area (Å²) < 4.78 is 0. The largest absolute Gasteiger partial charge is 0.392 e. The van der Waals surface area contributed by atoms with Crippen LogP contribution in [0.15, 0.2) is 23.1 Å². The fourth-order valence-corrected chi connectivity index (χ4v) is 2.71. The molecule has 5 heteroatoms. The predicted molar refractivity (Wildman–Crippen MR) is 69.3 cm³/mol. The van der Waals surface area contributed by atoms with E-state index in [1.165, 1.54) is 11.8 Å². The molecular weight excluding hydrogens is 258 g/mol. The van der Waals surface area contributed by atoms with Crippen LogP contribution in [0.2, 0.25) is 5.02 Å². The van der Waals surface area contributed by atoms with E-state index in [0.717, 1.165) is 23.3 Å². The molecule has 0 atom stereocenters. The van der Waals surface area contributed by atoms with E-state index in [-0.39, 0.29) is 12.5 Å². The van der Waals surface area contributed by atoms with E-state index in [1.807, 2.05) is 6.07 Å². The number of benzene rings is 1. The molecule has 0 unspecified atom stereocenters. The molecule has 1 aromatic rings. The van der Waals surface area contributed by atoms with Crippen molar-refractivity contribution in [2.75, 3.05) is 5.75 Å². The van der Waals surface area contributed by atoms with Gasteiger partial charge in [-0.15, -0.1) is 11.8 Å². The molecule has 1 saturated carbocycles. The Balaban J connectivity index is 1.94. The molecule has 92 valence electrons. The summed E-state index contributed by atoms with van der Waals surface area (Å²) in [6.07, 6.45) is 2.18. The maximum atomic E-state index is 11.5. The number of nitrogens with one attached hydrogen (secondary N) is 1. The first-order chi connectivity index (χ1) is 8.20. The van der Waals surface area contributed by atoms with Gasteiger partial charge in [-0.05, 0) is 24.5 Å². The molecule has 3 nitrogen and oxygen atoms in total. The standard InChI is InChI=1S/C12H14ClNO2S/c13-10-3-1-2-8(6-15)12(10)17-7-11(16)14-9-4-5-9/h1-3,9,15H,4-7H2,(H,14,16). The molecule has 2 N–H and O–H groups in total. The van der Waals surface area contributed by atoms with Gasteiger partial charge in [-0.2, -0.15) is 0 Å². The van der Waals surface area contributed by atoms with E-state index in [1.54, 1.807) is 12.1 Å². The first kappa shape index (κ1) is 12.7. The summed E-state index contributed by atoms with van der Waals surface area (Å²) in [5, 5.41) is 12.7. The number of carbonyl (C=O) groups excluding carboxylic acids is 1. The highest BCUT2D eigenvalue weighted by atomic mass is 35.5. The van der Waals surface area contributed by atoms with Crippen molar-refractivity contribution in [3.8, 4) is 0 Å². The quantitative estimate of drug-likeness (QED) is 0.808. The predicted octanol–water partition coefficient (Wildman–Crippen LogP) is 2.20. The molecule has 0 aliphatic heterocycles. The Morgan fingerprint density at radius 1 is 1.53 bits per heavy atom. The fraction of sp³-hybridized carbons (Fsp3) is 0.417. The minimum absolute atomic E-state index is 0.0290. The maximum Gasteiger partial charge on any atom is 0.230 e. The van der Waals surface area contributed by atoms with Crippen molar-refractivity contribution in [2.24, 2.45) is 0 Å². The van der Waals surface area contributed by atoms with Crippen LogP contribution in [0.1, 0.15) is 18.4 Å². The molecule has 1 aliphatic carbocycles. The smallest absolute Gasteiger partial charge is 0.230 e. The van der Waals surface area contributed by atoms with Crippen LogP contribution in [-0.2, 0) is 11.4 Å². The zero-order valence-corrected chi connectivity index (χ0v) is 10.9. The first-order valence-electron chi connectivity index (χ1n) is 5.51. The highest BCUT2D eigenvalue weighted by Crippen LogP contribution is 2.30. The number of rotatable bonds is 5. The summed E-state index contributed by atoms with van der Waals surface area (Å²) in [7, 11) is 0. The lowest BCUT2D eigenvalue weighted by atomic mass is 10.2. The number of amides is 1. The Morgan fingerprint density at radius 3 is 2.94 bits per heavy atom. The number of aliphatic hydroxyl groups excluding tert-OH is 1. The van der Waals surface area contributed by atoms with Gasteiger partial charge in [0.05, 0.1) is 17.4 Å². The molecular formula is C12H14ClNO2S. The Bertz CT molecular complexity index is 421. The van der Waals surface area contributed by atoms with Gasteiger partial charge in [0.1, 0.15) is 0 Å². The van der Waals surface area contributed by atoms with Crippen LogP contribution in [0.25, 0.3) is 0 Å². The van der Waals surface area contributed by atoms with Crippen molar-refractivity contribution in [1.29, 1.82) is 0 Å². The van der Waals surface area contributed by atoms with Gasteiger partial charge < -0.3 is 10.4 Å². The van der Waals surface area contributed by atoms with Crippen molar-refractivity contribution in [2.45, 2.75) is 30.4 Å². The van der Waals surface area contributed by atoms with Crippen molar-refractivity contribution < 1.29 is 9.90 Å². The summed E-state index contributed by atoms with van der Waals surface area (Å²) in [6, 6.07) is 5.75. The van der Waals surface area contributed by atoms with E-state index in [9.17, 15) is 9.90 Å². The summed E-state index contributed by atoms with van der Waals surface area (Å²) >= 11 is 7.42. The van der Waals surface area contributed by atoms with Crippen LogP contribution in [0, 0.1) is 0 Å². The molecule has 0 radical (unpaired) electrons. The number of aliphatic hydroxyl groups is 1. The molecule has 0 aromatic heterocycles. The number of thioether (sulfide) groups is 1. The van der Waals surface area contributed by atoms with Crippen LogP contribution in [0.4, 0.5) is 0 Å². The Labute approximate surface area is 110 Å². The third-order valence-electron chi connectivity index (χ3n) is 2.51. The van der Waals surface area contributed by atoms with E-state index < -0.39 is 0 Å². The zero-order chi connectivity index (χ0) is 12.3. The van der Waals surface area contributed by atoms with Crippen LogP contribution in [-0.4, -0.2) is 22.8 Å². The van der Waals surface area contributed by atoms with Crippen LogP contribution >= 0.6 is 23.4 Å². The summed E-state index contributed by atoms with van der Waals surface area (Å²) in [6.45, 7) is -0.0624. The Morgan fingerprint density at radius 2 is 2.29 bits per heavy atom. The summed E-state index contributed by atoms with van der Waals surface area (Å²) in [5.74, 6) is 0.369. The molecule has 1 aliphatic rings. The van der Waals surface area contributed by atoms with Gasteiger partial charge in [-0.1, -0.05) is 23.7 Å². The summed E-state index contributed by atoms with van der Waals surface area (Å²) in [5.41, 5.74) is 0.765. The van der Waals surface area contributed by atoms with E-state index in [4.69, 9.17) is 11.6 Å². The lowest BCUT2D eigenvalue weighted by molar-refractivity contribution is -0.118. The second-order valence-corrected chi connectivity index (χ2v) is 5.41. The van der Waals surface area contributed by atoms with Crippen LogP contribution < -0.4 is 5.32 Å². The second-order valence-electron chi connectivity index (χ2n) is 4.02. The normalized spacial score (nSPS) is 14.7. The van der Waals surface area contributed by atoms with E-state index in [2.05, 4.69) is 5.32 Å². The number of hydrogen-bond acceptors (Lipinski definition) is 3. The molecule has 1 aromatic carbocycles. The van der Waals surface area contributed by atoms with Crippen LogP contribution in [0.5, 0.6) is 0 Å². The van der Waals surface area contributed by atoms with Crippen molar-refractivity contribution >= 4 is 29.3 Å². The van der Waals surface area contributed by atoms with Crippen molar-refractivity contribution in [3.05, 3.63) is 28.8 Å². The molecule has 0 heterocycles. The molecule has 1 fully saturated rings. The van der Waals surface area contributed by atoms with Gasteiger partial charge in [0.15, 0.2) is 0 Å². The topological polar surface area (TPSA) is 49.3 Å². The average molecular weight is 272 g/mol. The molecule has 0 saturated heterocycles. The van der Waals surface area contributed by atoms with Gasteiger partial charge in [0.2, 0.25) is 5.91 Å². The highest BCUT2D eigenvalue weighted by Gasteiger charge is 2.23. The van der Waals surface area contributed by atoms with Gasteiger partial charge >= 0.3 is 0 Å². The SMILES string of the molecule is O=C(CSc1c(Cl)cccc1CO)NC1CC1. The third kappa shape index (κ3) is 3.63. The minimum atomic E-state index is -0.0624. The molecule has 2 rings (SSSR count). The molecule has 1 amide bonds. The lowest BCUT2D eigenvalue weighted by Crippen LogP contribution is -2.27. The van der Waals surface area contributed by atoms with E-state index >= 15 is 0 Å². The fourth-order valence-electron chi connectivity index (χ4n) is 1.47. The number of halogens is 1. The second kappa shape index (κ2) is 5.76. The van der Waals surface area contributed by atoms with Gasteiger partial charge in [-0.3, -0.25) is 4.79 Å². The Kier molecular flexibility index (Phi) is 4.31. The molecule has 17 heavy (non-hydrogen) atoms. The van der Waals surface area contributed by atoms with Crippen molar-refractivity contribution in [1.82, 2.24) is 5.32 Å². The molecule has 0 spiro atoms. The van der Waals surface area contributed by atoms with Crippen LogP contribution in [0.3, 0.4) is 0 Å². The number of hydrogen-bond donors (Lipinski definition) is 2. The Hall–Kier alpha value is -0.710. The third-order valence-corrected chi connectivity index (χ3v) is 4.11. The van der Waals surface area contributed by atoms with Gasteiger partial charge in [-0.25, -0.2) is 0 Å². The highest BCUT2D eigenvalue weighted by molar-refractivity contribution is 8.00. The maximum absolute atomic E-state index is 11.5. The van der Waals surface area contributed by atoms with E-state index in [0.29, 0.717) is 16.8 Å². The van der Waals surface area contributed by atoms with Gasteiger partial charge in [0.25, 0.3) is 0 Å². The zero-order valence-electron chi connectivity index (χ0n) is 9.28. The first-order valence-corrected chi connectivity index (χ1v) is 6.87. The minimum Gasteiger partial charge on any atom is -0.392 e. The lowest BCUT2D eigenvalue weighted by Gasteiger charge is -2.09. The average Bonchev–Trinajstić information content (AvgIpc) is 3.11. The van der Waals surface area contributed by atoms with Gasteiger partial charge in [0, 0.05) is 10.9 Å². The molecule has 0 bridgehead atoms.